The number of nitrogens with one attached hydrogen (secondary N) is 2. The molecule has 0 amide bonds. The first kappa shape index (κ1) is 15.8. The number of methoxy groups -OCH3 is 1. The number of hydrogen-bond donors (Lipinski definition) is 2. The summed E-state index contributed by atoms with van der Waals surface area (Å²) in [6.45, 7) is 4.44. The Balaban J connectivity index is 1.96. The van der Waals surface area contributed by atoms with Crippen molar-refractivity contribution in [1.82, 2.24) is 19.7 Å². The molecule has 0 aromatic carbocycles. The van der Waals surface area contributed by atoms with Gasteiger partial charge in [0.25, 0.3) is 5.88 Å². The molecule has 9 heteroatoms. The molecule has 0 fully saturated rings. The van der Waals surface area contributed by atoms with Gasteiger partial charge in [-0.1, -0.05) is 11.6 Å². The molecular formula is C14H19ClN6O2. The van der Waals surface area contributed by atoms with Gasteiger partial charge in [0.15, 0.2) is 5.82 Å². The van der Waals surface area contributed by atoms with E-state index in [-0.39, 0.29) is 0 Å². The average molecular weight is 339 g/mol. The van der Waals surface area contributed by atoms with Crippen molar-refractivity contribution in [3.05, 3.63) is 16.9 Å². The van der Waals surface area contributed by atoms with Crippen molar-refractivity contribution in [3.63, 3.8) is 0 Å². The minimum atomic E-state index is 0.443. The van der Waals surface area contributed by atoms with Crippen LogP contribution in [0.2, 0.25) is 5.02 Å². The summed E-state index contributed by atoms with van der Waals surface area (Å²) >= 11 is 6.11. The van der Waals surface area contributed by atoms with Gasteiger partial charge in [0.2, 0.25) is 5.95 Å². The molecule has 1 aliphatic heterocycles. The van der Waals surface area contributed by atoms with E-state index >= 15 is 0 Å². The Morgan fingerprint density at radius 2 is 2.35 bits per heavy atom. The van der Waals surface area contributed by atoms with Crippen LogP contribution in [0.3, 0.4) is 0 Å². The Kier molecular flexibility index (Phi) is 4.82. The van der Waals surface area contributed by atoms with Crippen molar-refractivity contribution in [2.24, 2.45) is 0 Å². The number of anilines is 3. The lowest BCUT2D eigenvalue weighted by Crippen LogP contribution is -2.10. The maximum Gasteiger partial charge on any atom is 0.257 e. The van der Waals surface area contributed by atoms with Gasteiger partial charge in [-0.05, 0) is 13.3 Å². The zero-order valence-corrected chi connectivity index (χ0v) is 13.9. The highest BCUT2D eigenvalue weighted by molar-refractivity contribution is 6.32. The van der Waals surface area contributed by atoms with Crippen LogP contribution in [0.4, 0.5) is 17.5 Å². The zero-order valence-electron chi connectivity index (χ0n) is 13.1. The van der Waals surface area contributed by atoms with Crippen LogP contribution < -0.4 is 15.4 Å². The smallest absolute Gasteiger partial charge is 0.257 e. The Labute approximate surface area is 139 Å². The molecule has 0 saturated heterocycles. The highest BCUT2D eigenvalue weighted by Gasteiger charge is 2.18. The predicted molar refractivity (Wildman–Crippen MR) is 87.8 cm³/mol. The number of aromatic nitrogens is 4. The molecule has 0 radical (unpaired) electrons. The Morgan fingerprint density at radius 1 is 1.48 bits per heavy atom. The molecule has 2 aromatic rings. The van der Waals surface area contributed by atoms with Crippen LogP contribution in [0.15, 0.2) is 6.20 Å². The van der Waals surface area contributed by atoms with Crippen molar-refractivity contribution in [2.45, 2.75) is 19.9 Å². The summed E-state index contributed by atoms with van der Waals surface area (Å²) in [6.07, 6.45) is 2.38. The molecule has 1 aliphatic rings. The quantitative estimate of drug-likeness (QED) is 0.887. The third-order valence-electron chi connectivity index (χ3n) is 3.51. The van der Waals surface area contributed by atoms with Crippen molar-refractivity contribution >= 4 is 29.1 Å². The summed E-state index contributed by atoms with van der Waals surface area (Å²) < 4.78 is 12.8. The normalized spacial score (nSPS) is 14.0. The molecule has 3 heterocycles. The predicted octanol–water partition coefficient (Wildman–Crippen LogP) is 2.22. The first-order valence-electron chi connectivity index (χ1n) is 7.41. The fourth-order valence-electron chi connectivity index (χ4n) is 2.27. The first-order chi connectivity index (χ1) is 11.2. The molecule has 0 aliphatic carbocycles. The number of hydrogen-bond acceptors (Lipinski definition) is 7. The van der Waals surface area contributed by atoms with Gasteiger partial charge >= 0.3 is 0 Å². The van der Waals surface area contributed by atoms with E-state index in [4.69, 9.17) is 21.1 Å². The number of nitrogens with zero attached hydrogens (tertiary/aromatic N) is 4. The summed E-state index contributed by atoms with van der Waals surface area (Å²) in [7, 11) is 1.66. The van der Waals surface area contributed by atoms with Crippen molar-refractivity contribution < 1.29 is 9.47 Å². The van der Waals surface area contributed by atoms with Crippen molar-refractivity contribution in [2.75, 3.05) is 37.5 Å². The number of fused-ring (bicyclic) bond motifs is 3. The molecule has 2 bridgehead atoms. The fraction of sp³-hybridized carbons (Fsp3) is 0.500. The van der Waals surface area contributed by atoms with Gasteiger partial charge in [-0.3, -0.25) is 4.68 Å². The van der Waals surface area contributed by atoms with E-state index in [2.05, 4.69) is 25.7 Å². The number of halogens is 1. The molecule has 0 atom stereocenters. The zero-order chi connectivity index (χ0) is 16.2. The molecule has 0 saturated carbocycles. The summed E-state index contributed by atoms with van der Waals surface area (Å²) in [5.41, 5.74) is 1.70. The van der Waals surface area contributed by atoms with Crippen LogP contribution in [0, 0.1) is 6.92 Å². The standard InChI is InChI=1S/C14H19ClN6O2/c1-9-11-13(20-21(9)5-7-22-2)23-6-3-4-16-12-10(15)8-17-14(18-11)19-12/h8H,3-7H2,1-2H3,(H2,16,17,18,19). The van der Waals surface area contributed by atoms with Crippen LogP contribution in [0.25, 0.3) is 0 Å². The molecular weight excluding hydrogens is 320 g/mol. The van der Waals surface area contributed by atoms with E-state index in [1.807, 2.05) is 11.6 Å². The Morgan fingerprint density at radius 3 is 3.17 bits per heavy atom. The van der Waals surface area contributed by atoms with Gasteiger partial charge in [-0.2, -0.15) is 4.98 Å². The van der Waals surface area contributed by atoms with Gasteiger partial charge in [0.05, 0.1) is 31.6 Å². The molecule has 2 aromatic heterocycles. The van der Waals surface area contributed by atoms with Gasteiger partial charge < -0.3 is 20.1 Å². The van der Waals surface area contributed by atoms with Gasteiger partial charge in [-0.15, -0.1) is 5.10 Å². The molecule has 23 heavy (non-hydrogen) atoms. The first-order valence-corrected chi connectivity index (χ1v) is 7.79. The molecule has 124 valence electrons. The lowest BCUT2D eigenvalue weighted by atomic mass is 10.3. The summed E-state index contributed by atoms with van der Waals surface area (Å²) in [4.78, 5) is 8.62. The van der Waals surface area contributed by atoms with E-state index in [9.17, 15) is 0 Å². The molecule has 0 unspecified atom stereocenters. The maximum absolute atomic E-state index is 6.11. The van der Waals surface area contributed by atoms with E-state index in [0.29, 0.717) is 49.0 Å². The maximum atomic E-state index is 6.11. The summed E-state index contributed by atoms with van der Waals surface area (Å²) in [5, 5.41) is 11.3. The van der Waals surface area contributed by atoms with Crippen molar-refractivity contribution in [1.29, 1.82) is 0 Å². The number of rotatable bonds is 3. The molecule has 8 nitrogen and oxygen atoms in total. The second kappa shape index (κ2) is 7.01. The largest absolute Gasteiger partial charge is 0.475 e. The lowest BCUT2D eigenvalue weighted by molar-refractivity contribution is 0.181. The molecule has 3 rings (SSSR count). The second-order valence-corrected chi connectivity index (χ2v) is 5.53. The van der Waals surface area contributed by atoms with E-state index < -0.39 is 0 Å². The van der Waals surface area contributed by atoms with Crippen LogP contribution in [0.5, 0.6) is 5.88 Å². The van der Waals surface area contributed by atoms with Crippen LogP contribution in [-0.4, -0.2) is 46.6 Å². The second-order valence-electron chi connectivity index (χ2n) is 5.13. The minimum absolute atomic E-state index is 0.443. The van der Waals surface area contributed by atoms with Gasteiger partial charge in [0.1, 0.15) is 10.7 Å². The monoisotopic (exact) mass is 338 g/mol. The summed E-state index contributed by atoms with van der Waals surface area (Å²) in [6, 6.07) is 0. The summed E-state index contributed by atoms with van der Waals surface area (Å²) in [5.74, 6) is 1.59. The Hall–Kier alpha value is -2.06. The minimum Gasteiger partial charge on any atom is -0.475 e. The van der Waals surface area contributed by atoms with Crippen LogP contribution >= 0.6 is 11.6 Å². The Bertz CT molecular complexity index is 690. The third kappa shape index (κ3) is 3.48. The van der Waals surface area contributed by atoms with Gasteiger partial charge in [-0.25, -0.2) is 4.98 Å². The highest BCUT2D eigenvalue weighted by atomic mass is 35.5. The van der Waals surface area contributed by atoms with E-state index in [1.54, 1.807) is 13.3 Å². The topological polar surface area (TPSA) is 86.1 Å². The third-order valence-corrected chi connectivity index (χ3v) is 3.79. The van der Waals surface area contributed by atoms with E-state index in [1.165, 1.54) is 0 Å². The molecule has 2 N–H and O–H groups in total. The fourth-order valence-corrected chi connectivity index (χ4v) is 2.43. The van der Waals surface area contributed by atoms with Crippen molar-refractivity contribution in [3.8, 4) is 5.88 Å². The van der Waals surface area contributed by atoms with Crippen LogP contribution in [0.1, 0.15) is 12.1 Å². The molecule has 0 spiro atoms. The highest BCUT2D eigenvalue weighted by Crippen LogP contribution is 2.31. The number of ether oxygens (including phenoxy) is 2. The van der Waals surface area contributed by atoms with Crippen LogP contribution in [-0.2, 0) is 11.3 Å². The SMILES string of the molecule is COCCn1nc2c(c1C)Nc1ncc(Cl)c(n1)NCCCO2. The van der Waals surface area contributed by atoms with Gasteiger partial charge in [0, 0.05) is 13.7 Å². The van der Waals surface area contributed by atoms with E-state index in [0.717, 1.165) is 17.8 Å². The average Bonchev–Trinajstić information content (AvgIpc) is 2.82. The lowest BCUT2D eigenvalue weighted by Gasteiger charge is -2.09.